The van der Waals surface area contributed by atoms with Crippen LogP contribution in [0, 0.1) is 12.7 Å². The van der Waals surface area contributed by atoms with Gasteiger partial charge in [-0.25, -0.2) is 4.39 Å². The highest BCUT2D eigenvalue weighted by atomic mass is 32.1. The van der Waals surface area contributed by atoms with Crippen molar-refractivity contribution in [3.05, 3.63) is 101 Å². The summed E-state index contributed by atoms with van der Waals surface area (Å²) in [7, 11) is 0. The third-order valence-corrected chi connectivity index (χ3v) is 5.15. The minimum Gasteiger partial charge on any atom is -0.489 e. The molecule has 0 atom stereocenters. The van der Waals surface area contributed by atoms with Gasteiger partial charge in [-0.2, -0.15) is 0 Å². The van der Waals surface area contributed by atoms with Crippen molar-refractivity contribution >= 4 is 40.9 Å². The molecule has 3 aromatic carbocycles. The first-order chi connectivity index (χ1) is 15.4. The third kappa shape index (κ3) is 4.73. The second kappa shape index (κ2) is 9.11. The first-order valence-electron chi connectivity index (χ1n) is 9.86. The fraction of sp³-hybridized carbons (Fsp3) is 0.0800. The van der Waals surface area contributed by atoms with E-state index < -0.39 is 17.6 Å². The van der Waals surface area contributed by atoms with Gasteiger partial charge in [0.25, 0.3) is 11.8 Å². The molecule has 0 aliphatic carbocycles. The molecule has 0 aromatic heterocycles. The number of nitrogens with one attached hydrogen (secondary N) is 1. The number of anilines is 1. The van der Waals surface area contributed by atoms with Crippen molar-refractivity contribution in [3.8, 4) is 5.75 Å². The van der Waals surface area contributed by atoms with Crippen LogP contribution in [0.15, 0.2) is 78.4 Å². The van der Waals surface area contributed by atoms with Gasteiger partial charge in [0, 0.05) is 0 Å². The van der Waals surface area contributed by atoms with Crippen molar-refractivity contribution in [1.29, 1.82) is 0 Å². The molecular weight excluding hydrogens is 427 g/mol. The number of benzene rings is 3. The average Bonchev–Trinajstić information content (AvgIpc) is 2.77. The number of carbonyl (C=O) groups excluding carboxylic acids is 2. The van der Waals surface area contributed by atoms with E-state index in [1.165, 1.54) is 35.2 Å². The molecular formula is C25H19FN2O3S. The Labute approximate surface area is 190 Å². The molecule has 3 aromatic rings. The maximum atomic E-state index is 13.2. The molecule has 1 aliphatic heterocycles. The monoisotopic (exact) mass is 446 g/mol. The molecule has 1 saturated heterocycles. The number of aryl methyl sites for hydroxylation is 1. The van der Waals surface area contributed by atoms with E-state index in [0.717, 1.165) is 11.1 Å². The second-order valence-electron chi connectivity index (χ2n) is 7.28. The molecule has 0 saturated carbocycles. The minimum absolute atomic E-state index is 0.0522. The number of nitrogens with zero attached hydrogens (tertiary/aromatic N) is 1. The Hall–Kier alpha value is -3.84. The number of hydrogen-bond donors (Lipinski definition) is 1. The number of amides is 2. The van der Waals surface area contributed by atoms with E-state index >= 15 is 0 Å². The number of rotatable bonds is 5. The van der Waals surface area contributed by atoms with Crippen molar-refractivity contribution in [2.24, 2.45) is 0 Å². The predicted octanol–water partition coefficient (Wildman–Crippen LogP) is 4.54. The number of thiocarbonyl (C=S) groups is 1. The molecule has 0 spiro atoms. The van der Waals surface area contributed by atoms with Gasteiger partial charge in [-0.05, 0) is 72.7 Å². The van der Waals surface area contributed by atoms with E-state index in [-0.39, 0.29) is 10.7 Å². The second-order valence-corrected chi connectivity index (χ2v) is 7.67. The van der Waals surface area contributed by atoms with Crippen molar-refractivity contribution in [2.75, 3.05) is 4.90 Å². The van der Waals surface area contributed by atoms with E-state index in [1.54, 1.807) is 24.3 Å². The lowest BCUT2D eigenvalue weighted by Gasteiger charge is -2.28. The van der Waals surface area contributed by atoms with Crippen LogP contribution >= 0.6 is 12.2 Å². The van der Waals surface area contributed by atoms with Gasteiger partial charge in [-0.1, -0.05) is 42.0 Å². The highest BCUT2D eigenvalue weighted by Crippen LogP contribution is 2.23. The van der Waals surface area contributed by atoms with Gasteiger partial charge in [0.1, 0.15) is 23.7 Å². The lowest BCUT2D eigenvalue weighted by atomic mass is 10.1. The fourth-order valence-corrected chi connectivity index (χ4v) is 3.56. The molecule has 5 nitrogen and oxygen atoms in total. The summed E-state index contributed by atoms with van der Waals surface area (Å²) in [6, 6.07) is 20.4. The summed E-state index contributed by atoms with van der Waals surface area (Å²) >= 11 is 5.14. The Kier molecular flexibility index (Phi) is 6.09. The van der Waals surface area contributed by atoms with Crippen LogP contribution in [-0.2, 0) is 16.2 Å². The van der Waals surface area contributed by atoms with Gasteiger partial charge >= 0.3 is 0 Å². The highest BCUT2D eigenvalue weighted by Gasteiger charge is 2.34. The molecule has 160 valence electrons. The Balaban J connectivity index is 1.51. The summed E-state index contributed by atoms with van der Waals surface area (Å²) in [6.07, 6.45) is 1.49. The Bertz CT molecular complexity index is 1220. The van der Waals surface area contributed by atoms with Crippen LogP contribution in [0.25, 0.3) is 6.08 Å². The number of ether oxygens (including phenoxy) is 1. The molecule has 7 heteroatoms. The molecule has 32 heavy (non-hydrogen) atoms. The molecule has 4 rings (SSSR count). The molecule has 1 fully saturated rings. The molecule has 2 amide bonds. The largest absolute Gasteiger partial charge is 0.489 e. The molecule has 1 N–H and O–H groups in total. The van der Waals surface area contributed by atoms with Gasteiger partial charge < -0.3 is 4.74 Å². The summed E-state index contributed by atoms with van der Waals surface area (Å²) in [5.74, 6) is -0.931. The zero-order valence-corrected chi connectivity index (χ0v) is 18.0. The fourth-order valence-electron chi connectivity index (χ4n) is 3.28. The van der Waals surface area contributed by atoms with Crippen LogP contribution in [0.3, 0.4) is 0 Å². The zero-order chi connectivity index (χ0) is 22.7. The summed E-state index contributed by atoms with van der Waals surface area (Å²) < 4.78 is 19.1. The topological polar surface area (TPSA) is 58.6 Å². The van der Waals surface area contributed by atoms with Crippen molar-refractivity contribution in [3.63, 3.8) is 0 Å². The highest BCUT2D eigenvalue weighted by molar-refractivity contribution is 7.80. The summed E-state index contributed by atoms with van der Waals surface area (Å²) in [6.45, 7) is 2.46. The van der Waals surface area contributed by atoms with Crippen LogP contribution in [0.1, 0.15) is 16.7 Å². The summed E-state index contributed by atoms with van der Waals surface area (Å²) in [5.41, 5.74) is 3.18. The molecule has 1 heterocycles. The van der Waals surface area contributed by atoms with E-state index in [0.29, 0.717) is 23.6 Å². The Morgan fingerprint density at radius 1 is 1.03 bits per heavy atom. The number of hydrogen-bond acceptors (Lipinski definition) is 4. The number of carbonyl (C=O) groups is 2. The van der Waals surface area contributed by atoms with Gasteiger partial charge in [0.2, 0.25) is 0 Å². The molecule has 1 aliphatic rings. The average molecular weight is 447 g/mol. The SMILES string of the molecule is Cc1cccc(COc2ccc(/C=C3/C(=O)NC(=S)N(c4ccc(F)cc4)C3=O)cc2)c1. The molecule has 0 radical (unpaired) electrons. The maximum absolute atomic E-state index is 13.2. The quantitative estimate of drug-likeness (QED) is 0.355. The van der Waals surface area contributed by atoms with Crippen molar-refractivity contribution < 1.29 is 18.7 Å². The Morgan fingerprint density at radius 2 is 1.75 bits per heavy atom. The lowest BCUT2D eigenvalue weighted by Crippen LogP contribution is -2.54. The zero-order valence-electron chi connectivity index (χ0n) is 17.2. The standard InChI is InChI=1S/C25H19FN2O3S/c1-16-3-2-4-18(13-16)15-31-21-11-5-17(6-12-21)14-22-23(29)27-25(32)28(24(22)30)20-9-7-19(26)8-10-20/h2-14H,15H2,1H3,(H,27,29,32)/b22-14-. The number of halogens is 1. The molecule has 0 unspecified atom stereocenters. The van der Waals surface area contributed by atoms with Crippen LogP contribution in [0.5, 0.6) is 5.75 Å². The van der Waals surface area contributed by atoms with Crippen LogP contribution < -0.4 is 15.0 Å². The smallest absolute Gasteiger partial charge is 0.270 e. The van der Waals surface area contributed by atoms with Crippen LogP contribution in [0.2, 0.25) is 0 Å². The van der Waals surface area contributed by atoms with E-state index in [9.17, 15) is 14.0 Å². The van der Waals surface area contributed by atoms with Gasteiger partial charge in [-0.15, -0.1) is 0 Å². The van der Waals surface area contributed by atoms with Gasteiger partial charge in [0.15, 0.2) is 5.11 Å². The van der Waals surface area contributed by atoms with Crippen molar-refractivity contribution in [1.82, 2.24) is 5.32 Å². The summed E-state index contributed by atoms with van der Waals surface area (Å²) in [4.78, 5) is 26.6. The minimum atomic E-state index is -0.585. The van der Waals surface area contributed by atoms with Gasteiger partial charge in [-0.3, -0.25) is 19.8 Å². The first kappa shape index (κ1) is 21.4. The van der Waals surface area contributed by atoms with Crippen molar-refractivity contribution in [2.45, 2.75) is 13.5 Å². The first-order valence-corrected chi connectivity index (χ1v) is 10.3. The van der Waals surface area contributed by atoms with E-state index in [1.807, 2.05) is 25.1 Å². The lowest BCUT2D eigenvalue weighted by molar-refractivity contribution is -0.122. The maximum Gasteiger partial charge on any atom is 0.270 e. The van der Waals surface area contributed by atoms with Crippen LogP contribution in [-0.4, -0.2) is 16.9 Å². The predicted molar refractivity (Wildman–Crippen MR) is 125 cm³/mol. The Morgan fingerprint density at radius 3 is 2.44 bits per heavy atom. The normalized spacial score (nSPS) is 15.1. The summed E-state index contributed by atoms with van der Waals surface area (Å²) in [5, 5.41) is 2.46. The van der Waals surface area contributed by atoms with E-state index in [2.05, 4.69) is 11.4 Å². The molecule has 0 bridgehead atoms. The van der Waals surface area contributed by atoms with Crippen LogP contribution in [0.4, 0.5) is 10.1 Å². The van der Waals surface area contributed by atoms with E-state index in [4.69, 9.17) is 17.0 Å². The third-order valence-electron chi connectivity index (χ3n) is 4.87. The van der Waals surface area contributed by atoms with Gasteiger partial charge in [0.05, 0.1) is 5.69 Å².